The average molecular weight is 484 g/mol. The summed E-state index contributed by atoms with van der Waals surface area (Å²) in [4.78, 5) is 12.0. The van der Waals surface area contributed by atoms with Crippen molar-refractivity contribution in [3.63, 3.8) is 0 Å². The second-order valence-corrected chi connectivity index (χ2v) is 10.5. The van der Waals surface area contributed by atoms with Gasteiger partial charge >= 0.3 is 0 Å². The smallest absolute Gasteiger partial charge is 0.246 e. The van der Waals surface area contributed by atoms with E-state index in [4.69, 9.17) is 0 Å². The van der Waals surface area contributed by atoms with Crippen molar-refractivity contribution in [3.05, 3.63) is 67.0 Å². The van der Waals surface area contributed by atoms with E-state index in [2.05, 4.69) is 11.9 Å². The quantitative estimate of drug-likeness (QED) is 0.495. The first-order chi connectivity index (χ1) is 15.1. The van der Waals surface area contributed by atoms with E-state index in [0.29, 0.717) is 13.1 Å². The van der Waals surface area contributed by atoms with E-state index in [-0.39, 0.29) is 17.1 Å². The third-order valence-electron chi connectivity index (χ3n) is 4.59. The van der Waals surface area contributed by atoms with E-state index in [1.54, 1.807) is 13.8 Å². The Balaban J connectivity index is 2.18. The molecule has 0 aromatic heterocycles. The summed E-state index contributed by atoms with van der Waals surface area (Å²) < 4.78 is 66.8. The third kappa shape index (κ3) is 5.80. The molecule has 0 fully saturated rings. The van der Waals surface area contributed by atoms with Crippen LogP contribution in [0.15, 0.2) is 71.0 Å². The lowest BCUT2D eigenvalue weighted by Crippen LogP contribution is -2.38. The van der Waals surface area contributed by atoms with Crippen LogP contribution in [0.25, 0.3) is 0 Å². The molecule has 0 bridgehead atoms. The standard InChI is InChI=1S/C21H26FN3O5S2/c1-4-15-25(32(29,30)20-10-8-7-9-19(20)22)16-21(26)23-17-11-13-18(14-12-17)31(27,28)24(5-2)6-3/h4,7-14H,1,5-6,15-16H2,2-3H3,(H,23,26). The molecule has 0 saturated heterocycles. The summed E-state index contributed by atoms with van der Waals surface area (Å²) in [5.74, 6) is -1.60. The van der Waals surface area contributed by atoms with Crippen molar-refractivity contribution in [1.29, 1.82) is 0 Å². The second kappa shape index (κ2) is 10.8. The predicted molar refractivity (Wildman–Crippen MR) is 121 cm³/mol. The van der Waals surface area contributed by atoms with Crippen molar-refractivity contribution in [1.82, 2.24) is 8.61 Å². The maximum absolute atomic E-state index is 14.0. The topological polar surface area (TPSA) is 104 Å². The fourth-order valence-electron chi connectivity index (χ4n) is 2.97. The zero-order valence-electron chi connectivity index (χ0n) is 17.9. The Labute approximate surface area is 188 Å². The number of carbonyl (C=O) groups excluding carboxylic acids is 1. The van der Waals surface area contributed by atoms with E-state index in [0.717, 1.165) is 16.4 Å². The van der Waals surface area contributed by atoms with Crippen molar-refractivity contribution in [2.45, 2.75) is 23.6 Å². The van der Waals surface area contributed by atoms with Gasteiger partial charge < -0.3 is 5.32 Å². The molecule has 2 aromatic carbocycles. The highest BCUT2D eigenvalue weighted by Crippen LogP contribution is 2.20. The summed E-state index contributed by atoms with van der Waals surface area (Å²) in [5, 5.41) is 2.52. The molecular weight excluding hydrogens is 457 g/mol. The van der Waals surface area contributed by atoms with Crippen molar-refractivity contribution in [2.24, 2.45) is 0 Å². The van der Waals surface area contributed by atoms with Gasteiger partial charge in [-0.25, -0.2) is 21.2 Å². The number of amides is 1. The molecule has 1 N–H and O–H groups in total. The summed E-state index contributed by atoms with van der Waals surface area (Å²) in [6.07, 6.45) is 1.29. The molecule has 2 aromatic rings. The van der Waals surface area contributed by atoms with Gasteiger partial charge in [0, 0.05) is 25.3 Å². The third-order valence-corrected chi connectivity index (χ3v) is 8.50. The first kappa shape index (κ1) is 25.7. The predicted octanol–water partition coefficient (Wildman–Crippen LogP) is 2.67. The summed E-state index contributed by atoms with van der Waals surface area (Å²) in [7, 11) is -7.92. The van der Waals surface area contributed by atoms with Gasteiger partial charge in [-0.3, -0.25) is 4.79 Å². The molecule has 2 rings (SSSR count). The largest absolute Gasteiger partial charge is 0.325 e. The Bertz CT molecular complexity index is 1160. The number of hydrogen-bond acceptors (Lipinski definition) is 5. The van der Waals surface area contributed by atoms with Gasteiger partial charge in [-0.2, -0.15) is 8.61 Å². The molecule has 0 spiro atoms. The molecule has 0 heterocycles. The van der Waals surface area contributed by atoms with Gasteiger partial charge in [0.25, 0.3) is 0 Å². The lowest BCUT2D eigenvalue weighted by molar-refractivity contribution is -0.116. The Morgan fingerprint density at radius 1 is 0.969 bits per heavy atom. The number of carbonyl (C=O) groups is 1. The van der Waals surface area contributed by atoms with Gasteiger partial charge in [-0.1, -0.05) is 32.1 Å². The molecule has 11 heteroatoms. The van der Waals surface area contributed by atoms with Crippen LogP contribution >= 0.6 is 0 Å². The van der Waals surface area contributed by atoms with Gasteiger partial charge in [0.2, 0.25) is 26.0 Å². The summed E-state index contributed by atoms with van der Waals surface area (Å²) >= 11 is 0. The zero-order chi connectivity index (χ0) is 23.9. The number of halogens is 1. The average Bonchev–Trinajstić information content (AvgIpc) is 2.74. The molecule has 174 valence electrons. The van der Waals surface area contributed by atoms with Gasteiger partial charge in [0.15, 0.2) is 0 Å². The maximum atomic E-state index is 14.0. The van der Waals surface area contributed by atoms with Crippen LogP contribution in [-0.4, -0.2) is 57.5 Å². The molecule has 0 atom stereocenters. The SMILES string of the molecule is C=CCN(CC(=O)Nc1ccc(S(=O)(=O)N(CC)CC)cc1)S(=O)(=O)c1ccccc1F. The summed E-state index contributed by atoms with van der Waals surface area (Å²) in [5.41, 5.74) is 0.287. The van der Waals surface area contributed by atoms with Gasteiger partial charge in [0.1, 0.15) is 10.7 Å². The fraction of sp³-hybridized carbons (Fsp3) is 0.286. The minimum Gasteiger partial charge on any atom is -0.325 e. The van der Waals surface area contributed by atoms with E-state index in [9.17, 15) is 26.0 Å². The van der Waals surface area contributed by atoms with Gasteiger partial charge in [0.05, 0.1) is 11.4 Å². The van der Waals surface area contributed by atoms with Crippen LogP contribution < -0.4 is 5.32 Å². The van der Waals surface area contributed by atoms with Crippen LogP contribution in [0.2, 0.25) is 0 Å². The molecular formula is C21H26FN3O5S2. The van der Waals surface area contributed by atoms with Crippen molar-refractivity contribution in [2.75, 3.05) is 31.5 Å². The Hall–Kier alpha value is -2.60. The number of rotatable bonds is 11. The Morgan fingerprint density at radius 3 is 2.09 bits per heavy atom. The lowest BCUT2D eigenvalue weighted by atomic mass is 10.3. The minimum absolute atomic E-state index is 0.0783. The molecule has 0 saturated carbocycles. The number of sulfonamides is 2. The molecule has 0 aliphatic rings. The lowest BCUT2D eigenvalue weighted by Gasteiger charge is -2.21. The zero-order valence-corrected chi connectivity index (χ0v) is 19.5. The maximum Gasteiger partial charge on any atom is 0.246 e. The summed E-state index contributed by atoms with van der Waals surface area (Å²) in [6, 6.07) is 10.4. The van der Waals surface area contributed by atoms with E-state index < -0.39 is 43.2 Å². The minimum atomic E-state index is -4.28. The molecule has 0 aliphatic heterocycles. The molecule has 0 unspecified atom stereocenters. The van der Waals surface area contributed by atoms with E-state index in [1.807, 2.05) is 0 Å². The van der Waals surface area contributed by atoms with E-state index >= 15 is 0 Å². The van der Waals surface area contributed by atoms with Crippen molar-refractivity contribution in [3.8, 4) is 0 Å². The summed E-state index contributed by atoms with van der Waals surface area (Å²) in [6.45, 7) is 6.83. The number of benzene rings is 2. The first-order valence-corrected chi connectivity index (χ1v) is 12.7. The van der Waals surface area contributed by atoms with Crippen molar-refractivity contribution >= 4 is 31.6 Å². The Kier molecular flexibility index (Phi) is 8.67. The molecule has 8 nitrogen and oxygen atoms in total. The second-order valence-electron chi connectivity index (χ2n) is 6.68. The fourth-order valence-corrected chi connectivity index (χ4v) is 5.86. The van der Waals surface area contributed by atoms with Gasteiger partial charge in [-0.15, -0.1) is 6.58 Å². The highest BCUT2D eigenvalue weighted by Gasteiger charge is 2.28. The highest BCUT2D eigenvalue weighted by atomic mass is 32.2. The molecule has 0 aliphatic carbocycles. The number of nitrogens with one attached hydrogen (secondary N) is 1. The van der Waals surface area contributed by atoms with Crippen LogP contribution in [0.3, 0.4) is 0 Å². The normalized spacial score (nSPS) is 12.2. The molecule has 32 heavy (non-hydrogen) atoms. The molecule has 1 amide bonds. The number of nitrogens with zero attached hydrogens (tertiary/aromatic N) is 2. The van der Waals surface area contributed by atoms with Crippen LogP contribution in [0.5, 0.6) is 0 Å². The van der Waals surface area contributed by atoms with Crippen LogP contribution in [0.4, 0.5) is 10.1 Å². The van der Waals surface area contributed by atoms with Crippen LogP contribution in [-0.2, 0) is 24.8 Å². The van der Waals surface area contributed by atoms with Crippen LogP contribution in [0.1, 0.15) is 13.8 Å². The number of anilines is 1. The van der Waals surface area contributed by atoms with Crippen molar-refractivity contribution < 1.29 is 26.0 Å². The van der Waals surface area contributed by atoms with Gasteiger partial charge in [-0.05, 0) is 36.4 Å². The number of hydrogen-bond donors (Lipinski definition) is 1. The monoisotopic (exact) mass is 483 g/mol. The van der Waals surface area contributed by atoms with E-state index in [1.165, 1.54) is 46.8 Å². The highest BCUT2D eigenvalue weighted by molar-refractivity contribution is 7.89. The Morgan fingerprint density at radius 2 is 1.56 bits per heavy atom. The first-order valence-electron chi connectivity index (χ1n) is 9.83. The van der Waals surface area contributed by atoms with Crippen LogP contribution in [0, 0.1) is 5.82 Å². The molecule has 0 radical (unpaired) electrons.